The molecule has 1 fully saturated rings. The van der Waals surface area contributed by atoms with Crippen molar-refractivity contribution in [2.45, 2.75) is 18.9 Å². The van der Waals surface area contributed by atoms with E-state index in [0.717, 1.165) is 12.8 Å². The van der Waals surface area contributed by atoms with Crippen molar-refractivity contribution in [2.75, 3.05) is 39.1 Å². The SMILES string of the molecule is COc1cc(C(=O)N2CCC(OCCO)CC2)ccc1N. The van der Waals surface area contributed by atoms with Gasteiger partial charge in [-0.05, 0) is 31.0 Å². The molecular weight excluding hydrogens is 272 g/mol. The molecular formula is C15H22N2O4. The Morgan fingerprint density at radius 3 is 2.76 bits per heavy atom. The van der Waals surface area contributed by atoms with Gasteiger partial charge in [-0.25, -0.2) is 0 Å². The van der Waals surface area contributed by atoms with Crippen molar-refractivity contribution in [2.24, 2.45) is 0 Å². The molecule has 1 aliphatic rings. The van der Waals surface area contributed by atoms with E-state index in [2.05, 4.69) is 0 Å². The van der Waals surface area contributed by atoms with Crippen molar-refractivity contribution in [3.63, 3.8) is 0 Å². The molecule has 0 bridgehead atoms. The van der Waals surface area contributed by atoms with Crippen LogP contribution < -0.4 is 10.5 Å². The lowest BCUT2D eigenvalue weighted by atomic mass is 10.1. The lowest BCUT2D eigenvalue weighted by Gasteiger charge is -2.32. The lowest BCUT2D eigenvalue weighted by Crippen LogP contribution is -2.41. The van der Waals surface area contributed by atoms with Crippen molar-refractivity contribution < 1.29 is 19.4 Å². The number of methoxy groups -OCH3 is 1. The quantitative estimate of drug-likeness (QED) is 0.788. The molecule has 1 aliphatic heterocycles. The van der Waals surface area contributed by atoms with Crippen LogP contribution in [0.1, 0.15) is 23.2 Å². The minimum atomic E-state index is -0.0195. The second kappa shape index (κ2) is 7.28. The average Bonchev–Trinajstić information content (AvgIpc) is 2.53. The van der Waals surface area contributed by atoms with Gasteiger partial charge in [-0.1, -0.05) is 0 Å². The number of amides is 1. The second-order valence-corrected chi connectivity index (χ2v) is 5.04. The zero-order valence-electron chi connectivity index (χ0n) is 12.2. The predicted molar refractivity (Wildman–Crippen MR) is 79.4 cm³/mol. The Balaban J connectivity index is 1.95. The highest BCUT2D eigenvalue weighted by molar-refractivity contribution is 5.95. The number of benzene rings is 1. The van der Waals surface area contributed by atoms with Crippen LogP contribution in [-0.2, 0) is 4.74 Å². The van der Waals surface area contributed by atoms with Crippen LogP contribution in [0.5, 0.6) is 5.75 Å². The number of likely N-dealkylation sites (tertiary alicyclic amines) is 1. The van der Waals surface area contributed by atoms with Crippen LogP contribution in [0.3, 0.4) is 0 Å². The Labute approximate surface area is 124 Å². The molecule has 6 nitrogen and oxygen atoms in total. The zero-order valence-corrected chi connectivity index (χ0v) is 12.2. The standard InChI is InChI=1S/C15H22N2O4/c1-20-14-10-11(2-3-13(14)16)15(19)17-6-4-12(5-7-17)21-9-8-18/h2-3,10,12,18H,4-9,16H2,1H3. The third-order valence-corrected chi connectivity index (χ3v) is 3.65. The van der Waals surface area contributed by atoms with Crippen LogP contribution in [0, 0.1) is 0 Å². The van der Waals surface area contributed by atoms with E-state index in [-0.39, 0.29) is 18.6 Å². The molecule has 116 valence electrons. The summed E-state index contributed by atoms with van der Waals surface area (Å²) in [5, 5.41) is 8.75. The molecule has 1 saturated heterocycles. The maximum absolute atomic E-state index is 12.4. The topological polar surface area (TPSA) is 85.0 Å². The summed E-state index contributed by atoms with van der Waals surface area (Å²) in [5.74, 6) is 0.496. The minimum Gasteiger partial charge on any atom is -0.495 e. The van der Waals surface area contributed by atoms with Crippen molar-refractivity contribution >= 4 is 11.6 Å². The normalized spacial score (nSPS) is 16.0. The maximum Gasteiger partial charge on any atom is 0.253 e. The predicted octanol–water partition coefficient (Wildman–Crippen LogP) is 0.891. The minimum absolute atomic E-state index is 0.0195. The summed E-state index contributed by atoms with van der Waals surface area (Å²) >= 11 is 0. The van der Waals surface area contributed by atoms with Gasteiger partial charge in [0.15, 0.2) is 0 Å². The van der Waals surface area contributed by atoms with Crippen LogP contribution in [0.4, 0.5) is 5.69 Å². The summed E-state index contributed by atoms with van der Waals surface area (Å²) in [4.78, 5) is 14.3. The number of hydrogen-bond donors (Lipinski definition) is 2. The van der Waals surface area contributed by atoms with E-state index in [0.29, 0.717) is 36.7 Å². The number of aliphatic hydroxyl groups is 1. The molecule has 0 aliphatic carbocycles. The number of rotatable bonds is 5. The first-order chi connectivity index (χ1) is 10.2. The van der Waals surface area contributed by atoms with Crippen LogP contribution in [0.15, 0.2) is 18.2 Å². The van der Waals surface area contributed by atoms with E-state index in [1.165, 1.54) is 7.11 Å². The maximum atomic E-state index is 12.4. The van der Waals surface area contributed by atoms with Crippen molar-refractivity contribution in [3.8, 4) is 5.75 Å². The summed E-state index contributed by atoms with van der Waals surface area (Å²) in [5.41, 5.74) is 6.85. The van der Waals surface area contributed by atoms with Crippen LogP contribution in [0.25, 0.3) is 0 Å². The van der Waals surface area contributed by atoms with Gasteiger partial charge in [0, 0.05) is 18.7 Å². The molecule has 2 rings (SSSR count). The molecule has 1 aromatic rings. The second-order valence-electron chi connectivity index (χ2n) is 5.04. The summed E-state index contributed by atoms with van der Waals surface area (Å²) in [6.45, 7) is 1.70. The number of anilines is 1. The Morgan fingerprint density at radius 1 is 1.43 bits per heavy atom. The highest BCUT2D eigenvalue weighted by atomic mass is 16.5. The third kappa shape index (κ3) is 3.86. The number of hydrogen-bond acceptors (Lipinski definition) is 5. The number of nitrogens with zero attached hydrogens (tertiary/aromatic N) is 1. The van der Waals surface area contributed by atoms with Gasteiger partial charge in [0.2, 0.25) is 0 Å². The summed E-state index contributed by atoms with van der Waals surface area (Å²) in [6, 6.07) is 5.07. The van der Waals surface area contributed by atoms with Crippen LogP contribution >= 0.6 is 0 Å². The summed E-state index contributed by atoms with van der Waals surface area (Å²) in [6.07, 6.45) is 1.71. The number of carbonyl (C=O) groups is 1. The molecule has 0 spiro atoms. The smallest absolute Gasteiger partial charge is 0.253 e. The number of aliphatic hydroxyl groups excluding tert-OH is 1. The molecule has 3 N–H and O–H groups in total. The third-order valence-electron chi connectivity index (χ3n) is 3.65. The van der Waals surface area contributed by atoms with Gasteiger partial charge < -0.3 is 25.2 Å². The zero-order chi connectivity index (χ0) is 15.2. The van der Waals surface area contributed by atoms with Crippen molar-refractivity contribution in [1.29, 1.82) is 0 Å². The summed E-state index contributed by atoms with van der Waals surface area (Å²) in [7, 11) is 1.53. The molecule has 0 aromatic heterocycles. The number of nitrogen functional groups attached to an aromatic ring is 1. The van der Waals surface area contributed by atoms with Gasteiger partial charge in [0.25, 0.3) is 5.91 Å². The molecule has 0 saturated carbocycles. The van der Waals surface area contributed by atoms with Gasteiger partial charge in [-0.3, -0.25) is 4.79 Å². The van der Waals surface area contributed by atoms with E-state index in [1.807, 2.05) is 4.90 Å². The first-order valence-corrected chi connectivity index (χ1v) is 7.11. The van der Waals surface area contributed by atoms with Gasteiger partial charge >= 0.3 is 0 Å². The highest BCUT2D eigenvalue weighted by Gasteiger charge is 2.24. The first-order valence-electron chi connectivity index (χ1n) is 7.11. The Morgan fingerprint density at radius 2 is 2.14 bits per heavy atom. The van der Waals surface area contributed by atoms with E-state index in [9.17, 15) is 4.79 Å². The van der Waals surface area contributed by atoms with Gasteiger partial charge in [-0.15, -0.1) is 0 Å². The number of carbonyl (C=O) groups excluding carboxylic acids is 1. The molecule has 0 radical (unpaired) electrons. The van der Waals surface area contributed by atoms with Gasteiger partial charge in [-0.2, -0.15) is 0 Å². The highest BCUT2D eigenvalue weighted by Crippen LogP contribution is 2.24. The number of piperidine rings is 1. The van der Waals surface area contributed by atoms with E-state index >= 15 is 0 Å². The van der Waals surface area contributed by atoms with E-state index in [4.69, 9.17) is 20.3 Å². The number of nitrogens with two attached hydrogens (primary N) is 1. The molecule has 1 heterocycles. The van der Waals surface area contributed by atoms with Crippen molar-refractivity contribution in [1.82, 2.24) is 4.90 Å². The van der Waals surface area contributed by atoms with E-state index in [1.54, 1.807) is 18.2 Å². The van der Waals surface area contributed by atoms with Gasteiger partial charge in [0.05, 0.1) is 32.1 Å². The largest absolute Gasteiger partial charge is 0.495 e. The van der Waals surface area contributed by atoms with Crippen LogP contribution in [-0.4, -0.2) is 55.4 Å². The first kappa shape index (κ1) is 15.6. The van der Waals surface area contributed by atoms with Gasteiger partial charge in [0.1, 0.15) is 5.75 Å². The van der Waals surface area contributed by atoms with Crippen LogP contribution in [0.2, 0.25) is 0 Å². The average molecular weight is 294 g/mol. The number of ether oxygens (including phenoxy) is 2. The fourth-order valence-corrected chi connectivity index (χ4v) is 2.47. The Kier molecular flexibility index (Phi) is 5.41. The Bertz CT molecular complexity index is 485. The summed E-state index contributed by atoms with van der Waals surface area (Å²) < 4.78 is 10.6. The molecule has 1 aromatic carbocycles. The van der Waals surface area contributed by atoms with Crippen molar-refractivity contribution in [3.05, 3.63) is 23.8 Å². The fourth-order valence-electron chi connectivity index (χ4n) is 2.47. The molecule has 0 atom stereocenters. The van der Waals surface area contributed by atoms with E-state index < -0.39 is 0 Å². The monoisotopic (exact) mass is 294 g/mol. The molecule has 1 amide bonds. The fraction of sp³-hybridized carbons (Fsp3) is 0.533. The lowest BCUT2D eigenvalue weighted by molar-refractivity contribution is -0.00554. The Hall–Kier alpha value is -1.79. The molecule has 21 heavy (non-hydrogen) atoms. The molecule has 0 unspecified atom stereocenters. The molecule has 6 heteroatoms.